The molecule has 2 aromatic rings. The van der Waals surface area contributed by atoms with Crippen LogP contribution in [0.4, 0.5) is 18.0 Å². The number of hydrogen-bond acceptors (Lipinski definition) is 4. The molecular weight excluding hydrogens is 493 g/mol. The summed E-state index contributed by atoms with van der Waals surface area (Å²) in [6.45, 7) is 3.92. The van der Waals surface area contributed by atoms with Crippen molar-refractivity contribution in [2.75, 3.05) is 20.1 Å². The Balaban J connectivity index is 1.43. The van der Waals surface area contributed by atoms with Gasteiger partial charge in [-0.25, -0.2) is 4.79 Å². The first-order chi connectivity index (χ1) is 18.1. The standard InChI is InChI=1S/C30H37F3N2O3/c1-3-35-17-7-10-26(35)34(2)27(36)38-24-13-14-25-22(18-24)11-12-23-20-29(37,30(31,32)33)16-15-28(23,25)19-21-8-5-4-6-9-21/h4-6,8-9,13-14,18,23,26,37H,3,7,10-12,15-17,19-20H2,1-2H3/t23?,26?,28-,29+/m0/s1. The molecule has 1 N–H and O–H groups in total. The monoisotopic (exact) mass is 530 g/mol. The van der Waals surface area contributed by atoms with Gasteiger partial charge in [0.25, 0.3) is 0 Å². The van der Waals surface area contributed by atoms with Crippen LogP contribution >= 0.6 is 0 Å². The number of likely N-dealkylation sites (tertiary alicyclic amines) is 1. The van der Waals surface area contributed by atoms with Gasteiger partial charge in [-0.3, -0.25) is 9.80 Å². The van der Waals surface area contributed by atoms with Crippen LogP contribution in [0.25, 0.3) is 0 Å². The molecule has 3 aliphatic rings. The lowest BCUT2D eigenvalue weighted by Gasteiger charge is -2.53. The summed E-state index contributed by atoms with van der Waals surface area (Å²) in [5.41, 5.74) is -0.0715. The number of alkyl halides is 3. The molecule has 0 radical (unpaired) electrons. The van der Waals surface area contributed by atoms with Crippen LogP contribution in [-0.2, 0) is 18.3 Å². The molecule has 206 valence electrons. The first kappa shape index (κ1) is 27.0. The normalized spacial score (nSPS) is 29.4. The van der Waals surface area contributed by atoms with Crippen LogP contribution in [0.15, 0.2) is 48.5 Å². The van der Waals surface area contributed by atoms with Gasteiger partial charge in [-0.1, -0.05) is 43.3 Å². The van der Waals surface area contributed by atoms with E-state index < -0.39 is 23.3 Å². The fourth-order valence-corrected chi connectivity index (χ4v) is 7.18. The zero-order valence-corrected chi connectivity index (χ0v) is 22.1. The second-order valence-corrected chi connectivity index (χ2v) is 11.3. The minimum Gasteiger partial charge on any atom is -0.410 e. The summed E-state index contributed by atoms with van der Waals surface area (Å²) >= 11 is 0. The van der Waals surface area contributed by atoms with Crippen LogP contribution in [0.5, 0.6) is 5.75 Å². The summed E-state index contributed by atoms with van der Waals surface area (Å²) in [5, 5.41) is 10.6. The molecule has 1 aliphatic heterocycles. The first-order valence-corrected chi connectivity index (χ1v) is 13.7. The van der Waals surface area contributed by atoms with E-state index >= 15 is 0 Å². The Bertz CT molecular complexity index is 1160. The topological polar surface area (TPSA) is 53.0 Å². The summed E-state index contributed by atoms with van der Waals surface area (Å²) in [7, 11) is 1.77. The smallest absolute Gasteiger partial charge is 0.410 e. The quantitative estimate of drug-likeness (QED) is 0.509. The molecule has 0 bridgehead atoms. The minimum absolute atomic E-state index is 0.0228. The van der Waals surface area contributed by atoms with Crippen molar-refractivity contribution in [2.45, 2.75) is 81.6 Å². The molecule has 1 saturated carbocycles. The molecule has 2 aromatic carbocycles. The van der Waals surface area contributed by atoms with Crippen molar-refractivity contribution < 1.29 is 27.8 Å². The van der Waals surface area contributed by atoms with E-state index in [1.165, 1.54) is 0 Å². The Kier molecular flexibility index (Phi) is 7.24. The number of carbonyl (C=O) groups is 1. The molecule has 5 nitrogen and oxygen atoms in total. The van der Waals surface area contributed by atoms with Crippen molar-refractivity contribution in [1.82, 2.24) is 9.80 Å². The number of aliphatic hydroxyl groups is 1. The summed E-state index contributed by atoms with van der Waals surface area (Å²) in [6.07, 6.45) is -1.72. The highest BCUT2D eigenvalue weighted by Gasteiger charge is 2.61. The van der Waals surface area contributed by atoms with Crippen LogP contribution in [0.3, 0.4) is 0 Å². The number of aryl methyl sites for hydroxylation is 1. The Morgan fingerprint density at radius 3 is 2.63 bits per heavy atom. The van der Waals surface area contributed by atoms with E-state index in [2.05, 4.69) is 11.8 Å². The first-order valence-electron chi connectivity index (χ1n) is 13.7. The average Bonchev–Trinajstić information content (AvgIpc) is 3.37. The van der Waals surface area contributed by atoms with Gasteiger partial charge in [0.05, 0.1) is 6.17 Å². The molecule has 2 aliphatic carbocycles. The van der Waals surface area contributed by atoms with E-state index in [0.717, 1.165) is 42.6 Å². The Morgan fingerprint density at radius 2 is 1.92 bits per heavy atom. The molecule has 1 saturated heterocycles. The summed E-state index contributed by atoms with van der Waals surface area (Å²) in [6, 6.07) is 15.5. The predicted molar refractivity (Wildman–Crippen MR) is 139 cm³/mol. The third kappa shape index (κ3) is 4.81. The molecule has 0 spiro atoms. The molecule has 1 amide bonds. The molecular formula is C30H37F3N2O3. The number of halogens is 3. The number of amides is 1. The van der Waals surface area contributed by atoms with Crippen molar-refractivity contribution in [3.05, 3.63) is 65.2 Å². The SMILES string of the molecule is CCN1CCCC1N(C)C(=O)Oc1ccc2c(c1)CCC1C[C@@](O)(C(F)(F)F)CC[C@@]21Cc1ccccc1. The maximum atomic E-state index is 13.8. The van der Waals surface area contributed by atoms with Crippen molar-refractivity contribution >= 4 is 6.09 Å². The lowest BCUT2D eigenvalue weighted by molar-refractivity contribution is -0.279. The van der Waals surface area contributed by atoms with Crippen molar-refractivity contribution in [1.29, 1.82) is 0 Å². The summed E-state index contributed by atoms with van der Waals surface area (Å²) in [4.78, 5) is 16.9. The average molecular weight is 531 g/mol. The number of rotatable bonds is 5. The largest absolute Gasteiger partial charge is 0.417 e. The minimum atomic E-state index is -4.65. The van der Waals surface area contributed by atoms with Gasteiger partial charge in [0.15, 0.2) is 5.60 Å². The zero-order chi connectivity index (χ0) is 27.1. The number of ether oxygens (including phenoxy) is 1. The van der Waals surface area contributed by atoms with Crippen molar-refractivity contribution in [2.24, 2.45) is 5.92 Å². The molecule has 2 unspecified atom stereocenters. The second kappa shape index (κ2) is 10.2. The van der Waals surface area contributed by atoms with E-state index in [1.807, 2.05) is 42.5 Å². The fourth-order valence-electron chi connectivity index (χ4n) is 7.18. The highest BCUT2D eigenvalue weighted by molar-refractivity contribution is 5.71. The molecule has 0 aromatic heterocycles. The maximum Gasteiger partial charge on any atom is 0.417 e. The third-order valence-electron chi connectivity index (χ3n) is 9.29. The maximum absolute atomic E-state index is 13.8. The van der Waals surface area contributed by atoms with Gasteiger partial charge >= 0.3 is 12.3 Å². The van der Waals surface area contributed by atoms with Crippen molar-refractivity contribution in [3.63, 3.8) is 0 Å². The molecule has 5 rings (SSSR count). The van der Waals surface area contributed by atoms with E-state index in [-0.39, 0.29) is 31.3 Å². The highest BCUT2D eigenvalue weighted by atomic mass is 19.4. The van der Waals surface area contributed by atoms with Crippen LogP contribution in [0.1, 0.15) is 62.1 Å². The number of hydrogen-bond donors (Lipinski definition) is 1. The van der Waals surface area contributed by atoms with Crippen LogP contribution < -0.4 is 4.74 Å². The van der Waals surface area contributed by atoms with Gasteiger partial charge in [0, 0.05) is 19.0 Å². The van der Waals surface area contributed by atoms with Gasteiger partial charge in [-0.05, 0) is 92.7 Å². The molecule has 38 heavy (non-hydrogen) atoms. The van der Waals surface area contributed by atoms with Gasteiger partial charge in [0.2, 0.25) is 0 Å². The number of fused-ring (bicyclic) bond motifs is 3. The Morgan fingerprint density at radius 1 is 1.16 bits per heavy atom. The molecule has 4 atom stereocenters. The molecule has 2 fully saturated rings. The second-order valence-electron chi connectivity index (χ2n) is 11.3. The number of carbonyl (C=O) groups excluding carboxylic acids is 1. The lowest BCUT2D eigenvalue weighted by atomic mass is 9.52. The number of benzene rings is 2. The van der Waals surface area contributed by atoms with Gasteiger partial charge in [-0.15, -0.1) is 0 Å². The van der Waals surface area contributed by atoms with E-state index in [4.69, 9.17) is 4.74 Å². The zero-order valence-electron chi connectivity index (χ0n) is 22.1. The van der Waals surface area contributed by atoms with Crippen molar-refractivity contribution in [3.8, 4) is 5.75 Å². The van der Waals surface area contributed by atoms with E-state index in [1.54, 1.807) is 18.0 Å². The van der Waals surface area contributed by atoms with Crippen LogP contribution in [0.2, 0.25) is 0 Å². The van der Waals surface area contributed by atoms with Gasteiger partial charge in [0.1, 0.15) is 5.75 Å². The summed E-state index contributed by atoms with van der Waals surface area (Å²) in [5.74, 6) is 0.148. The van der Waals surface area contributed by atoms with Crippen LogP contribution in [0, 0.1) is 5.92 Å². The molecule has 8 heteroatoms. The van der Waals surface area contributed by atoms with E-state index in [9.17, 15) is 23.1 Å². The fraction of sp³-hybridized carbons (Fsp3) is 0.567. The predicted octanol–water partition coefficient (Wildman–Crippen LogP) is 6.08. The number of nitrogens with zero attached hydrogens (tertiary/aromatic N) is 2. The highest BCUT2D eigenvalue weighted by Crippen LogP contribution is 2.57. The van der Waals surface area contributed by atoms with Crippen LogP contribution in [-0.4, -0.2) is 59.1 Å². The lowest BCUT2D eigenvalue weighted by Crippen LogP contribution is -2.56. The molecule has 1 heterocycles. The third-order valence-corrected chi connectivity index (χ3v) is 9.29. The van der Waals surface area contributed by atoms with E-state index in [0.29, 0.717) is 25.0 Å². The Hall–Kier alpha value is -2.58. The van der Waals surface area contributed by atoms with Gasteiger partial charge < -0.3 is 9.84 Å². The summed E-state index contributed by atoms with van der Waals surface area (Å²) < 4.78 is 47.3. The van der Waals surface area contributed by atoms with Gasteiger partial charge in [-0.2, -0.15) is 13.2 Å². The Labute approximate surface area is 222 Å².